The van der Waals surface area contributed by atoms with Crippen molar-refractivity contribution >= 4 is 15.7 Å². The first-order chi connectivity index (χ1) is 9.34. The lowest BCUT2D eigenvalue weighted by Crippen LogP contribution is -2.28. The molecule has 0 aliphatic rings. The summed E-state index contributed by atoms with van der Waals surface area (Å²) in [6, 6.07) is 5.82. The van der Waals surface area contributed by atoms with Crippen molar-refractivity contribution in [2.75, 3.05) is 26.5 Å². The predicted octanol–water partition coefficient (Wildman–Crippen LogP) is 0.217. The molecule has 0 fully saturated rings. The molecule has 112 valence electrons. The van der Waals surface area contributed by atoms with E-state index in [4.69, 9.17) is 4.74 Å². The highest BCUT2D eigenvalue weighted by atomic mass is 32.2. The first kappa shape index (κ1) is 16.6. The summed E-state index contributed by atoms with van der Waals surface area (Å²) in [5.74, 6) is -0.375. The molecule has 0 saturated carbocycles. The van der Waals surface area contributed by atoms with E-state index in [9.17, 15) is 18.3 Å². The van der Waals surface area contributed by atoms with Gasteiger partial charge in [-0.15, -0.1) is 0 Å². The Morgan fingerprint density at radius 3 is 2.75 bits per heavy atom. The van der Waals surface area contributed by atoms with Crippen LogP contribution in [-0.4, -0.2) is 52.1 Å². The molecule has 20 heavy (non-hydrogen) atoms. The van der Waals surface area contributed by atoms with Crippen LogP contribution >= 0.6 is 0 Å². The van der Waals surface area contributed by atoms with Gasteiger partial charge in [-0.1, -0.05) is 6.07 Å². The summed E-state index contributed by atoms with van der Waals surface area (Å²) < 4.78 is 27.6. The number of hydrogen-bond donors (Lipinski definition) is 2. The summed E-state index contributed by atoms with van der Waals surface area (Å²) in [4.78, 5) is 11.9. The van der Waals surface area contributed by atoms with Crippen LogP contribution in [0.25, 0.3) is 0 Å². The van der Waals surface area contributed by atoms with Gasteiger partial charge in [-0.25, -0.2) is 8.42 Å². The average Bonchev–Trinajstić information content (AvgIpc) is 2.38. The summed E-state index contributed by atoms with van der Waals surface area (Å²) in [6.07, 6.45) is 0.818. The van der Waals surface area contributed by atoms with Gasteiger partial charge in [0, 0.05) is 25.5 Å². The fraction of sp³-hybridized carbons (Fsp3) is 0.462. The minimum Gasteiger partial charge on any atom is -0.391 e. The van der Waals surface area contributed by atoms with Crippen molar-refractivity contribution in [2.45, 2.75) is 17.4 Å². The zero-order chi connectivity index (χ0) is 15.2. The molecular weight excluding hydrogens is 282 g/mol. The minimum absolute atomic E-state index is 0.101. The number of ether oxygens (including phenoxy) is 1. The molecule has 1 atom stereocenters. The smallest absolute Gasteiger partial charge is 0.251 e. The highest BCUT2D eigenvalue weighted by Gasteiger charge is 2.12. The number of nitrogens with one attached hydrogen (secondary N) is 1. The molecule has 1 amide bonds. The molecule has 1 unspecified atom stereocenters. The third-order valence-electron chi connectivity index (χ3n) is 2.65. The van der Waals surface area contributed by atoms with E-state index >= 15 is 0 Å². The van der Waals surface area contributed by atoms with E-state index < -0.39 is 15.9 Å². The Kier molecular flexibility index (Phi) is 6.12. The maximum absolute atomic E-state index is 11.8. The van der Waals surface area contributed by atoms with Crippen LogP contribution in [0, 0.1) is 0 Å². The van der Waals surface area contributed by atoms with Gasteiger partial charge in [0.25, 0.3) is 5.91 Å². The lowest BCUT2D eigenvalue weighted by molar-refractivity contribution is 0.0587. The molecule has 0 aliphatic carbocycles. The molecule has 0 spiro atoms. The fourth-order valence-electron chi connectivity index (χ4n) is 1.60. The fourth-order valence-corrected chi connectivity index (χ4v) is 2.26. The molecule has 0 aromatic heterocycles. The average molecular weight is 301 g/mol. The standard InChI is InChI=1S/C13H19NO5S/c1-19-9-11(15)6-7-14-13(16)10-4-3-5-12(8-10)20(2,17)18/h3-5,8,11,15H,6-7,9H2,1-2H3,(H,14,16). The largest absolute Gasteiger partial charge is 0.391 e. The van der Waals surface area contributed by atoms with Gasteiger partial charge in [-0.2, -0.15) is 0 Å². The van der Waals surface area contributed by atoms with Crippen molar-refractivity contribution in [3.05, 3.63) is 29.8 Å². The molecule has 1 aromatic carbocycles. The molecule has 1 aromatic rings. The van der Waals surface area contributed by atoms with Gasteiger partial charge in [0.15, 0.2) is 9.84 Å². The number of hydrogen-bond acceptors (Lipinski definition) is 5. The van der Waals surface area contributed by atoms with Crippen LogP contribution in [0.1, 0.15) is 16.8 Å². The van der Waals surface area contributed by atoms with Crippen molar-refractivity contribution in [1.29, 1.82) is 0 Å². The molecule has 0 bridgehead atoms. The first-order valence-electron chi connectivity index (χ1n) is 6.10. The normalized spacial score (nSPS) is 12.9. The second kappa shape index (κ2) is 7.37. The highest BCUT2D eigenvalue weighted by molar-refractivity contribution is 7.90. The van der Waals surface area contributed by atoms with Gasteiger partial charge < -0.3 is 15.2 Å². The summed E-state index contributed by atoms with van der Waals surface area (Å²) in [7, 11) is -1.85. The Morgan fingerprint density at radius 1 is 1.45 bits per heavy atom. The number of rotatable bonds is 7. The molecule has 1 rings (SSSR count). The Balaban J connectivity index is 2.60. The maximum Gasteiger partial charge on any atom is 0.251 e. The maximum atomic E-state index is 11.8. The molecule has 0 heterocycles. The number of benzene rings is 1. The van der Waals surface area contributed by atoms with E-state index in [1.807, 2.05) is 0 Å². The second-order valence-electron chi connectivity index (χ2n) is 4.45. The topological polar surface area (TPSA) is 92.7 Å². The van der Waals surface area contributed by atoms with Crippen molar-refractivity contribution in [2.24, 2.45) is 0 Å². The van der Waals surface area contributed by atoms with E-state index in [1.54, 1.807) is 0 Å². The van der Waals surface area contributed by atoms with Crippen LogP contribution in [-0.2, 0) is 14.6 Å². The van der Waals surface area contributed by atoms with Crippen molar-refractivity contribution in [1.82, 2.24) is 5.32 Å². The number of methoxy groups -OCH3 is 1. The first-order valence-corrected chi connectivity index (χ1v) is 7.99. The number of amides is 1. The summed E-state index contributed by atoms with van der Waals surface area (Å²) in [5, 5.41) is 12.0. The number of sulfone groups is 1. The Labute approximate surface area is 118 Å². The van der Waals surface area contributed by atoms with Gasteiger partial charge >= 0.3 is 0 Å². The zero-order valence-electron chi connectivity index (χ0n) is 11.5. The second-order valence-corrected chi connectivity index (χ2v) is 6.47. The third-order valence-corrected chi connectivity index (χ3v) is 3.76. The predicted molar refractivity (Wildman–Crippen MR) is 74.4 cm³/mol. The number of aliphatic hydroxyl groups is 1. The van der Waals surface area contributed by atoms with Crippen molar-refractivity contribution in [3.8, 4) is 0 Å². The lowest BCUT2D eigenvalue weighted by atomic mass is 10.2. The number of carbonyl (C=O) groups excluding carboxylic acids is 1. The lowest BCUT2D eigenvalue weighted by Gasteiger charge is -2.10. The number of carbonyl (C=O) groups is 1. The van der Waals surface area contributed by atoms with E-state index in [-0.39, 0.29) is 29.5 Å². The van der Waals surface area contributed by atoms with Crippen LogP contribution in [0.5, 0.6) is 0 Å². The minimum atomic E-state index is -3.34. The van der Waals surface area contributed by atoms with Gasteiger partial charge in [0.2, 0.25) is 0 Å². The van der Waals surface area contributed by atoms with Crippen LogP contribution in [0.3, 0.4) is 0 Å². The Morgan fingerprint density at radius 2 is 2.15 bits per heavy atom. The van der Waals surface area contributed by atoms with Gasteiger partial charge in [-0.3, -0.25) is 4.79 Å². The Bertz CT molecular complexity index is 556. The van der Waals surface area contributed by atoms with Crippen LogP contribution in [0.15, 0.2) is 29.2 Å². The van der Waals surface area contributed by atoms with Gasteiger partial charge in [-0.05, 0) is 24.6 Å². The molecule has 0 aliphatic heterocycles. The highest BCUT2D eigenvalue weighted by Crippen LogP contribution is 2.11. The summed E-state index contributed by atoms with van der Waals surface area (Å²) in [6.45, 7) is 0.492. The zero-order valence-corrected chi connectivity index (χ0v) is 12.3. The quantitative estimate of drug-likeness (QED) is 0.751. The van der Waals surface area contributed by atoms with Gasteiger partial charge in [0.05, 0.1) is 17.6 Å². The monoisotopic (exact) mass is 301 g/mol. The Hall–Kier alpha value is -1.44. The van der Waals surface area contributed by atoms with E-state index in [1.165, 1.54) is 31.4 Å². The van der Waals surface area contributed by atoms with Crippen LogP contribution in [0.4, 0.5) is 0 Å². The van der Waals surface area contributed by atoms with Crippen molar-refractivity contribution in [3.63, 3.8) is 0 Å². The molecule has 0 radical (unpaired) electrons. The summed E-state index contributed by atoms with van der Waals surface area (Å²) >= 11 is 0. The van der Waals surface area contributed by atoms with Crippen LogP contribution < -0.4 is 5.32 Å². The number of aliphatic hydroxyl groups excluding tert-OH is 1. The van der Waals surface area contributed by atoms with E-state index in [0.29, 0.717) is 6.42 Å². The van der Waals surface area contributed by atoms with E-state index in [0.717, 1.165) is 6.26 Å². The SMILES string of the molecule is COCC(O)CCNC(=O)c1cccc(S(C)(=O)=O)c1. The molecule has 7 heteroatoms. The molecule has 6 nitrogen and oxygen atoms in total. The van der Waals surface area contributed by atoms with E-state index in [2.05, 4.69) is 5.32 Å². The molecule has 0 saturated heterocycles. The molecular formula is C13H19NO5S. The molecule has 2 N–H and O–H groups in total. The summed E-state index contributed by atoms with van der Waals surface area (Å²) in [5.41, 5.74) is 0.272. The van der Waals surface area contributed by atoms with Crippen molar-refractivity contribution < 1.29 is 23.1 Å². The van der Waals surface area contributed by atoms with Gasteiger partial charge in [0.1, 0.15) is 0 Å². The third kappa shape index (κ3) is 5.28. The van der Waals surface area contributed by atoms with Crippen LogP contribution in [0.2, 0.25) is 0 Å².